The van der Waals surface area contributed by atoms with Crippen molar-refractivity contribution in [1.82, 2.24) is 5.32 Å². The molecule has 1 N–H and O–H groups in total. The minimum absolute atomic E-state index is 0.119. The summed E-state index contributed by atoms with van der Waals surface area (Å²) in [6.45, 7) is 3.75. The number of carbonyl (C=O) groups is 1. The molecule has 0 radical (unpaired) electrons. The monoisotopic (exact) mass is 189 g/mol. The van der Waals surface area contributed by atoms with E-state index in [-0.39, 0.29) is 5.91 Å². The number of hydrogen-bond acceptors (Lipinski definition) is 2. The molecular formula is C11H11NO2. The third kappa shape index (κ3) is 1.48. The molecule has 72 valence electrons. The lowest BCUT2D eigenvalue weighted by Gasteiger charge is -2.04. The Bertz CT molecular complexity index is 421. The van der Waals surface area contributed by atoms with Gasteiger partial charge in [-0.3, -0.25) is 4.79 Å². The van der Waals surface area contributed by atoms with E-state index in [1.54, 1.807) is 19.3 Å². The zero-order chi connectivity index (χ0) is 10.1. The van der Waals surface area contributed by atoms with Crippen LogP contribution in [0.15, 0.2) is 30.2 Å². The maximum absolute atomic E-state index is 11.6. The summed E-state index contributed by atoms with van der Waals surface area (Å²) in [6.07, 6.45) is 1.54. The first-order chi connectivity index (χ1) is 6.66. The average Bonchev–Trinajstić information content (AvgIpc) is 2.26. The summed E-state index contributed by atoms with van der Waals surface area (Å²) in [5.74, 6) is 0.491. The Hall–Kier alpha value is -1.77. The van der Waals surface area contributed by atoms with E-state index in [1.807, 2.05) is 19.1 Å². The van der Waals surface area contributed by atoms with Crippen LogP contribution in [0.4, 0.5) is 0 Å². The maximum atomic E-state index is 11.6. The van der Waals surface area contributed by atoms with Crippen LogP contribution in [-0.2, 0) is 0 Å². The highest BCUT2D eigenvalue weighted by molar-refractivity contribution is 5.98. The van der Waals surface area contributed by atoms with Gasteiger partial charge in [0.2, 0.25) is 0 Å². The Morgan fingerprint density at radius 3 is 2.86 bits per heavy atom. The standard InChI is InChI=1S/C11H11NO2/c1-7-3-4-9-10(5-7)14-6-8(2)12-11(9)13/h3-6H,1-2H3,(H,12,13). The topological polar surface area (TPSA) is 38.3 Å². The SMILES string of the molecule is CC1=COc2cc(C)ccc2C(=O)N1. The number of ether oxygens (including phenoxy) is 1. The molecule has 2 rings (SSSR count). The van der Waals surface area contributed by atoms with Gasteiger partial charge in [-0.1, -0.05) is 6.07 Å². The van der Waals surface area contributed by atoms with Gasteiger partial charge in [0.05, 0.1) is 11.3 Å². The second kappa shape index (κ2) is 3.18. The Kier molecular flexibility index (Phi) is 2.00. The molecule has 0 bridgehead atoms. The van der Waals surface area contributed by atoms with Crippen LogP contribution >= 0.6 is 0 Å². The molecule has 1 heterocycles. The van der Waals surface area contributed by atoms with Gasteiger partial charge >= 0.3 is 0 Å². The highest BCUT2D eigenvalue weighted by atomic mass is 16.5. The van der Waals surface area contributed by atoms with Crippen molar-refractivity contribution >= 4 is 5.91 Å². The number of nitrogens with one attached hydrogen (secondary N) is 1. The van der Waals surface area contributed by atoms with Crippen LogP contribution in [0.25, 0.3) is 0 Å². The predicted octanol–water partition coefficient (Wildman–Crippen LogP) is 1.98. The molecule has 1 aliphatic rings. The highest BCUT2D eigenvalue weighted by Crippen LogP contribution is 2.22. The predicted molar refractivity (Wildman–Crippen MR) is 53.0 cm³/mol. The van der Waals surface area contributed by atoms with Crippen molar-refractivity contribution < 1.29 is 9.53 Å². The van der Waals surface area contributed by atoms with Crippen LogP contribution < -0.4 is 10.1 Å². The van der Waals surface area contributed by atoms with Crippen LogP contribution in [0.1, 0.15) is 22.8 Å². The largest absolute Gasteiger partial charge is 0.462 e. The van der Waals surface area contributed by atoms with Gasteiger partial charge in [-0.15, -0.1) is 0 Å². The molecule has 0 unspecified atom stereocenters. The van der Waals surface area contributed by atoms with Crippen molar-refractivity contribution in [3.63, 3.8) is 0 Å². The summed E-state index contributed by atoms with van der Waals surface area (Å²) < 4.78 is 5.37. The van der Waals surface area contributed by atoms with Gasteiger partial charge in [0.1, 0.15) is 12.0 Å². The molecule has 1 aromatic carbocycles. The van der Waals surface area contributed by atoms with E-state index in [2.05, 4.69) is 5.32 Å². The van der Waals surface area contributed by atoms with Crippen molar-refractivity contribution in [3.05, 3.63) is 41.3 Å². The molecule has 0 fully saturated rings. The van der Waals surface area contributed by atoms with E-state index < -0.39 is 0 Å². The molecular weight excluding hydrogens is 178 g/mol. The molecule has 0 saturated carbocycles. The molecule has 0 spiro atoms. The van der Waals surface area contributed by atoms with E-state index in [9.17, 15) is 4.79 Å². The smallest absolute Gasteiger partial charge is 0.259 e. The summed E-state index contributed by atoms with van der Waals surface area (Å²) in [4.78, 5) is 11.6. The van der Waals surface area contributed by atoms with Gasteiger partial charge in [-0.2, -0.15) is 0 Å². The van der Waals surface area contributed by atoms with Crippen molar-refractivity contribution in [3.8, 4) is 5.75 Å². The second-order valence-corrected chi connectivity index (χ2v) is 3.37. The van der Waals surface area contributed by atoms with Crippen LogP contribution in [0, 0.1) is 6.92 Å². The fraction of sp³-hybridized carbons (Fsp3) is 0.182. The second-order valence-electron chi connectivity index (χ2n) is 3.37. The molecule has 3 heteroatoms. The van der Waals surface area contributed by atoms with E-state index in [0.717, 1.165) is 5.56 Å². The number of aryl methyl sites for hydroxylation is 1. The average molecular weight is 189 g/mol. The summed E-state index contributed by atoms with van der Waals surface area (Å²) in [5, 5.41) is 2.71. The molecule has 1 aliphatic heterocycles. The van der Waals surface area contributed by atoms with E-state index in [0.29, 0.717) is 17.0 Å². The van der Waals surface area contributed by atoms with Gasteiger partial charge in [0.25, 0.3) is 5.91 Å². The number of carbonyl (C=O) groups excluding carboxylic acids is 1. The molecule has 3 nitrogen and oxygen atoms in total. The van der Waals surface area contributed by atoms with Crippen molar-refractivity contribution in [2.75, 3.05) is 0 Å². The third-order valence-corrected chi connectivity index (χ3v) is 2.06. The van der Waals surface area contributed by atoms with Gasteiger partial charge in [0.15, 0.2) is 0 Å². The molecule has 1 amide bonds. The maximum Gasteiger partial charge on any atom is 0.259 e. The van der Waals surface area contributed by atoms with Crippen LogP contribution in [-0.4, -0.2) is 5.91 Å². The van der Waals surface area contributed by atoms with Crippen molar-refractivity contribution in [1.29, 1.82) is 0 Å². The van der Waals surface area contributed by atoms with Crippen LogP contribution in [0.2, 0.25) is 0 Å². The number of amides is 1. The van der Waals surface area contributed by atoms with Crippen LogP contribution in [0.5, 0.6) is 5.75 Å². The molecule has 0 atom stereocenters. The first-order valence-corrected chi connectivity index (χ1v) is 4.42. The quantitative estimate of drug-likeness (QED) is 0.677. The zero-order valence-electron chi connectivity index (χ0n) is 8.13. The van der Waals surface area contributed by atoms with Gasteiger partial charge in [0, 0.05) is 0 Å². The highest BCUT2D eigenvalue weighted by Gasteiger charge is 2.15. The minimum atomic E-state index is -0.119. The van der Waals surface area contributed by atoms with E-state index in [4.69, 9.17) is 4.74 Å². The number of fused-ring (bicyclic) bond motifs is 1. The normalized spacial score (nSPS) is 14.7. The Balaban J connectivity index is 2.51. The number of hydrogen-bond donors (Lipinski definition) is 1. The third-order valence-electron chi connectivity index (χ3n) is 2.06. The van der Waals surface area contributed by atoms with E-state index in [1.165, 1.54) is 0 Å². The van der Waals surface area contributed by atoms with Gasteiger partial charge in [-0.05, 0) is 31.5 Å². The lowest BCUT2D eigenvalue weighted by molar-refractivity contribution is 0.0966. The fourth-order valence-corrected chi connectivity index (χ4v) is 1.34. The lowest BCUT2D eigenvalue weighted by Crippen LogP contribution is -2.19. The minimum Gasteiger partial charge on any atom is -0.462 e. The number of benzene rings is 1. The Morgan fingerprint density at radius 2 is 2.07 bits per heavy atom. The summed E-state index contributed by atoms with van der Waals surface area (Å²) in [6, 6.07) is 5.51. The summed E-state index contributed by atoms with van der Waals surface area (Å²) in [7, 11) is 0. The lowest BCUT2D eigenvalue weighted by atomic mass is 10.1. The Morgan fingerprint density at radius 1 is 1.29 bits per heavy atom. The zero-order valence-corrected chi connectivity index (χ0v) is 8.13. The molecule has 0 aromatic heterocycles. The van der Waals surface area contributed by atoms with Crippen molar-refractivity contribution in [2.24, 2.45) is 0 Å². The summed E-state index contributed by atoms with van der Waals surface area (Å²) in [5.41, 5.74) is 2.36. The molecule has 1 aromatic rings. The van der Waals surface area contributed by atoms with Crippen molar-refractivity contribution in [2.45, 2.75) is 13.8 Å². The van der Waals surface area contributed by atoms with Crippen LogP contribution in [0.3, 0.4) is 0 Å². The number of allylic oxidation sites excluding steroid dienone is 1. The summed E-state index contributed by atoms with van der Waals surface area (Å²) >= 11 is 0. The first kappa shape index (κ1) is 8.81. The molecule has 0 saturated heterocycles. The Labute approximate surface area is 82.4 Å². The van der Waals surface area contributed by atoms with E-state index >= 15 is 0 Å². The first-order valence-electron chi connectivity index (χ1n) is 4.42. The molecule has 0 aliphatic carbocycles. The van der Waals surface area contributed by atoms with Gasteiger partial charge < -0.3 is 10.1 Å². The van der Waals surface area contributed by atoms with Gasteiger partial charge in [-0.25, -0.2) is 0 Å². The number of rotatable bonds is 0. The molecule has 14 heavy (non-hydrogen) atoms. The fourth-order valence-electron chi connectivity index (χ4n) is 1.34.